The van der Waals surface area contributed by atoms with E-state index in [4.69, 9.17) is 5.11 Å². The molecule has 0 heterocycles. The van der Waals surface area contributed by atoms with E-state index in [-0.39, 0.29) is 5.69 Å². The molecule has 0 radical (unpaired) electrons. The van der Waals surface area contributed by atoms with E-state index in [2.05, 4.69) is 10.6 Å². The predicted molar refractivity (Wildman–Crippen MR) is 69.6 cm³/mol. The summed E-state index contributed by atoms with van der Waals surface area (Å²) in [6.45, 7) is 3.55. The number of benzene rings is 1. The van der Waals surface area contributed by atoms with Crippen LogP contribution in [0.4, 0.5) is 14.9 Å². The van der Waals surface area contributed by atoms with E-state index in [9.17, 15) is 14.0 Å². The quantitative estimate of drug-likeness (QED) is 0.767. The van der Waals surface area contributed by atoms with Crippen LogP contribution in [0.25, 0.3) is 0 Å². The van der Waals surface area contributed by atoms with Gasteiger partial charge in [-0.05, 0) is 31.0 Å². The number of halogens is 1. The third-order valence-electron chi connectivity index (χ3n) is 2.55. The summed E-state index contributed by atoms with van der Waals surface area (Å²) in [6, 6.07) is 2.66. The van der Waals surface area contributed by atoms with Crippen LogP contribution in [0.2, 0.25) is 0 Å². The molecule has 1 atom stereocenters. The smallest absolute Gasteiger partial charge is 0.326 e. The van der Waals surface area contributed by atoms with E-state index in [0.717, 1.165) is 5.56 Å². The largest absolute Gasteiger partial charge is 0.480 e. The first-order valence-corrected chi connectivity index (χ1v) is 6.00. The Balaban J connectivity index is 2.66. The van der Waals surface area contributed by atoms with Crippen LogP contribution in [0.1, 0.15) is 25.3 Å². The maximum absolute atomic E-state index is 13.5. The molecule has 0 aliphatic heterocycles. The zero-order valence-corrected chi connectivity index (χ0v) is 10.9. The number of carboxylic acids is 1. The van der Waals surface area contributed by atoms with E-state index in [1.165, 1.54) is 12.1 Å². The van der Waals surface area contributed by atoms with Gasteiger partial charge in [0.05, 0.1) is 5.69 Å². The molecule has 1 aromatic rings. The Kier molecular flexibility index (Phi) is 5.29. The number of urea groups is 1. The fraction of sp³-hybridized carbons (Fsp3) is 0.385. The van der Waals surface area contributed by atoms with Crippen LogP contribution in [0.5, 0.6) is 0 Å². The molecule has 1 rings (SSSR count). The highest BCUT2D eigenvalue weighted by Gasteiger charge is 2.19. The first-order valence-electron chi connectivity index (χ1n) is 6.00. The van der Waals surface area contributed by atoms with Crippen molar-refractivity contribution in [3.63, 3.8) is 0 Å². The molecule has 0 aliphatic rings. The number of carbonyl (C=O) groups is 2. The number of nitrogens with one attached hydrogen (secondary N) is 2. The summed E-state index contributed by atoms with van der Waals surface area (Å²) in [7, 11) is 0. The molecule has 0 saturated heterocycles. The molecule has 5 nitrogen and oxygen atoms in total. The summed E-state index contributed by atoms with van der Waals surface area (Å²) in [5.41, 5.74) is 0.751. The van der Waals surface area contributed by atoms with Crippen LogP contribution >= 0.6 is 0 Å². The molecular weight excluding hydrogens is 251 g/mol. The summed E-state index contributed by atoms with van der Waals surface area (Å²) < 4.78 is 13.5. The van der Waals surface area contributed by atoms with Gasteiger partial charge in [0.1, 0.15) is 11.9 Å². The fourth-order valence-electron chi connectivity index (χ4n) is 1.58. The highest BCUT2D eigenvalue weighted by molar-refractivity contribution is 5.92. The van der Waals surface area contributed by atoms with Crippen molar-refractivity contribution in [2.45, 2.75) is 32.7 Å². The first-order chi connectivity index (χ1) is 8.93. The number of carbonyl (C=O) groups excluding carboxylic acids is 1. The molecule has 19 heavy (non-hydrogen) atoms. The third-order valence-corrected chi connectivity index (χ3v) is 2.55. The maximum Gasteiger partial charge on any atom is 0.326 e. The number of hydrogen-bond acceptors (Lipinski definition) is 2. The number of anilines is 1. The number of carboxylic acid groups (broad SMARTS) is 1. The lowest BCUT2D eigenvalue weighted by atomic mass is 10.2. The van der Waals surface area contributed by atoms with E-state index in [1.54, 1.807) is 13.0 Å². The Morgan fingerprint density at radius 3 is 2.63 bits per heavy atom. The highest BCUT2D eigenvalue weighted by Crippen LogP contribution is 2.15. The van der Waals surface area contributed by atoms with Crippen molar-refractivity contribution in [2.75, 3.05) is 5.32 Å². The highest BCUT2D eigenvalue weighted by atomic mass is 19.1. The summed E-state index contributed by atoms with van der Waals surface area (Å²) >= 11 is 0. The van der Waals surface area contributed by atoms with Gasteiger partial charge in [0.25, 0.3) is 0 Å². The topological polar surface area (TPSA) is 78.4 Å². The lowest BCUT2D eigenvalue weighted by molar-refractivity contribution is -0.139. The molecule has 3 N–H and O–H groups in total. The standard InChI is InChI=1S/C13H17FN2O3/c1-3-4-11(12(17)18)16-13(19)15-10-6-5-8(2)7-9(10)14/h5-7,11H,3-4H2,1-2H3,(H,17,18)(H2,15,16,19). The van der Waals surface area contributed by atoms with Crippen LogP contribution < -0.4 is 10.6 Å². The minimum atomic E-state index is -1.11. The monoisotopic (exact) mass is 268 g/mol. The van der Waals surface area contributed by atoms with Crippen molar-refractivity contribution < 1.29 is 19.1 Å². The van der Waals surface area contributed by atoms with Gasteiger partial charge in [0.15, 0.2) is 0 Å². The molecule has 0 aromatic heterocycles. The van der Waals surface area contributed by atoms with Gasteiger partial charge in [-0.25, -0.2) is 14.0 Å². The van der Waals surface area contributed by atoms with Gasteiger partial charge >= 0.3 is 12.0 Å². The molecule has 1 unspecified atom stereocenters. The minimum absolute atomic E-state index is 0.0173. The van der Waals surface area contributed by atoms with E-state index in [1.807, 2.05) is 6.92 Å². The van der Waals surface area contributed by atoms with E-state index in [0.29, 0.717) is 12.8 Å². The van der Waals surface area contributed by atoms with Crippen LogP contribution in [0, 0.1) is 12.7 Å². The van der Waals surface area contributed by atoms with E-state index >= 15 is 0 Å². The van der Waals surface area contributed by atoms with Gasteiger partial charge < -0.3 is 15.7 Å². The molecular formula is C13H17FN2O3. The van der Waals surface area contributed by atoms with Crippen molar-refractivity contribution in [3.8, 4) is 0 Å². The summed E-state index contributed by atoms with van der Waals surface area (Å²) in [4.78, 5) is 22.5. The van der Waals surface area contributed by atoms with Gasteiger partial charge in [-0.1, -0.05) is 19.4 Å². The Morgan fingerprint density at radius 2 is 2.11 bits per heavy atom. The van der Waals surface area contributed by atoms with Crippen molar-refractivity contribution in [3.05, 3.63) is 29.6 Å². The normalized spacial score (nSPS) is 11.7. The summed E-state index contributed by atoms with van der Waals surface area (Å²) in [5.74, 6) is -1.67. The Bertz CT molecular complexity index is 477. The van der Waals surface area contributed by atoms with Crippen molar-refractivity contribution in [1.82, 2.24) is 5.32 Å². The second-order valence-corrected chi connectivity index (χ2v) is 4.26. The molecule has 0 bridgehead atoms. The van der Waals surface area contributed by atoms with Crippen molar-refractivity contribution in [1.29, 1.82) is 0 Å². The summed E-state index contributed by atoms with van der Waals surface area (Å²) in [6.07, 6.45) is 0.940. The number of rotatable bonds is 5. The predicted octanol–water partition coefficient (Wildman–Crippen LogP) is 2.51. The summed E-state index contributed by atoms with van der Waals surface area (Å²) in [5, 5.41) is 13.5. The molecule has 0 aliphatic carbocycles. The zero-order chi connectivity index (χ0) is 14.4. The average molecular weight is 268 g/mol. The van der Waals surface area contributed by atoms with Gasteiger partial charge in [-0.2, -0.15) is 0 Å². The third kappa shape index (κ3) is 4.57. The van der Waals surface area contributed by atoms with Crippen molar-refractivity contribution in [2.24, 2.45) is 0 Å². The molecule has 0 saturated carbocycles. The van der Waals surface area contributed by atoms with Gasteiger partial charge in [-0.3, -0.25) is 0 Å². The van der Waals surface area contributed by atoms with Gasteiger partial charge in [0.2, 0.25) is 0 Å². The molecule has 0 fully saturated rings. The molecule has 1 aromatic carbocycles. The lowest BCUT2D eigenvalue weighted by Gasteiger charge is -2.14. The average Bonchev–Trinajstić information content (AvgIpc) is 2.32. The minimum Gasteiger partial charge on any atom is -0.480 e. The van der Waals surface area contributed by atoms with E-state index < -0.39 is 23.9 Å². The Hall–Kier alpha value is -2.11. The fourth-order valence-corrected chi connectivity index (χ4v) is 1.58. The Labute approximate surface area is 110 Å². The van der Waals surface area contributed by atoms with Crippen LogP contribution in [-0.4, -0.2) is 23.1 Å². The number of amides is 2. The molecule has 104 valence electrons. The van der Waals surface area contributed by atoms with Gasteiger partial charge in [0, 0.05) is 0 Å². The Morgan fingerprint density at radius 1 is 1.42 bits per heavy atom. The number of aliphatic carboxylic acids is 1. The number of aryl methyl sites for hydroxylation is 1. The van der Waals surface area contributed by atoms with Crippen LogP contribution in [-0.2, 0) is 4.79 Å². The lowest BCUT2D eigenvalue weighted by Crippen LogP contribution is -2.43. The SMILES string of the molecule is CCCC(NC(=O)Nc1ccc(C)cc1F)C(=O)O. The second kappa shape index (κ2) is 6.72. The second-order valence-electron chi connectivity index (χ2n) is 4.26. The van der Waals surface area contributed by atoms with Crippen LogP contribution in [0.15, 0.2) is 18.2 Å². The van der Waals surface area contributed by atoms with Gasteiger partial charge in [-0.15, -0.1) is 0 Å². The maximum atomic E-state index is 13.5. The zero-order valence-electron chi connectivity index (χ0n) is 10.9. The molecule has 2 amide bonds. The molecule has 6 heteroatoms. The van der Waals surface area contributed by atoms with Crippen LogP contribution in [0.3, 0.4) is 0 Å². The molecule has 0 spiro atoms. The first kappa shape index (κ1) is 14.9. The van der Waals surface area contributed by atoms with Crippen molar-refractivity contribution >= 4 is 17.7 Å². The number of hydrogen-bond donors (Lipinski definition) is 3.